The van der Waals surface area contributed by atoms with Gasteiger partial charge < -0.3 is 4.43 Å². The second kappa shape index (κ2) is 20.6. The molecule has 1 nitrogen and oxygen atoms in total. The Morgan fingerprint density at radius 1 is 0.593 bits per heavy atom. The molecule has 162 valence electrons. The molecule has 0 aliphatic rings. The Morgan fingerprint density at radius 2 is 0.889 bits per heavy atom. The normalized spacial score (nSPS) is 11.9. The second-order valence-corrected chi connectivity index (χ2v) is 9.56. The molecule has 0 rings (SSSR count). The Hall–Kier alpha value is -0.0831. The lowest BCUT2D eigenvalue weighted by atomic mass is 9.99. The fourth-order valence-corrected chi connectivity index (χ4v) is 3.97. The van der Waals surface area contributed by atoms with Crippen LogP contribution in [0.1, 0.15) is 142 Å². The van der Waals surface area contributed by atoms with Crippen molar-refractivity contribution in [3.8, 4) is 0 Å². The molecule has 0 amide bonds. The van der Waals surface area contributed by atoms with Crippen molar-refractivity contribution in [2.75, 3.05) is 0 Å². The summed E-state index contributed by atoms with van der Waals surface area (Å²) >= 11 is 0. The largest absolute Gasteiger partial charge is 0.423 e. The lowest BCUT2D eigenvalue weighted by molar-refractivity contribution is 0.109. The van der Waals surface area contributed by atoms with Gasteiger partial charge in [-0.1, -0.05) is 115 Å². The first-order chi connectivity index (χ1) is 13.1. The van der Waals surface area contributed by atoms with Crippen LogP contribution in [0, 0.1) is 0 Å². The van der Waals surface area contributed by atoms with Crippen molar-refractivity contribution < 1.29 is 4.43 Å². The molecule has 0 heterocycles. The van der Waals surface area contributed by atoms with Crippen LogP contribution in [-0.4, -0.2) is 16.1 Å². The van der Waals surface area contributed by atoms with Crippen LogP contribution >= 0.6 is 0 Å². The summed E-state index contributed by atoms with van der Waals surface area (Å²) in [6.45, 7) is 8.24. The fraction of sp³-hybridized carbons (Fsp3) is 0.920. The van der Waals surface area contributed by atoms with Crippen LogP contribution in [0.25, 0.3) is 0 Å². The molecule has 0 spiro atoms. The van der Waals surface area contributed by atoms with Gasteiger partial charge in [0.25, 0.3) is 0 Å². The number of hydrogen-bond donors (Lipinski definition) is 0. The summed E-state index contributed by atoms with van der Waals surface area (Å²) in [4.78, 5) is 0. The van der Waals surface area contributed by atoms with Gasteiger partial charge in [-0.2, -0.15) is 0 Å². The first-order valence-electron chi connectivity index (χ1n) is 12.3. The van der Waals surface area contributed by atoms with Gasteiger partial charge in [-0.05, 0) is 33.1 Å². The average molecular weight is 397 g/mol. The molecule has 0 aliphatic carbocycles. The van der Waals surface area contributed by atoms with Crippen molar-refractivity contribution in [2.24, 2.45) is 0 Å². The van der Waals surface area contributed by atoms with Crippen LogP contribution in [0.3, 0.4) is 0 Å². The van der Waals surface area contributed by atoms with E-state index in [1.54, 1.807) is 0 Å². The van der Waals surface area contributed by atoms with Crippen molar-refractivity contribution in [3.05, 3.63) is 12.7 Å². The van der Waals surface area contributed by atoms with Gasteiger partial charge in [0.15, 0.2) is 0 Å². The van der Waals surface area contributed by atoms with E-state index in [0.29, 0.717) is 0 Å². The van der Waals surface area contributed by atoms with E-state index in [4.69, 9.17) is 4.43 Å². The number of hydrogen-bond acceptors (Lipinski definition) is 1. The molecule has 0 atom stereocenters. The molecular weight excluding hydrogens is 344 g/mol. The predicted octanol–water partition coefficient (Wildman–Crippen LogP) is 8.05. The minimum Gasteiger partial charge on any atom is -0.423 e. The quantitative estimate of drug-likeness (QED) is 0.102. The van der Waals surface area contributed by atoms with E-state index in [1.165, 1.54) is 128 Å². The monoisotopic (exact) mass is 396 g/mol. The highest BCUT2D eigenvalue weighted by Gasteiger charge is 2.13. The Morgan fingerprint density at radius 3 is 1.19 bits per heavy atom. The van der Waals surface area contributed by atoms with Crippen molar-refractivity contribution in [3.63, 3.8) is 0 Å². The molecule has 0 aromatic heterocycles. The van der Waals surface area contributed by atoms with Gasteiger partial charge in [-0.3, -0.25) is 0 Å². The van der Waals surface area contributed by atoms with Crippen molar-refractivity contribution >= 4 is 10.5 Å². The maximum Gasteiger partial charge on any atom is 0.146 e. The SMILES string of the molecule is C=CCCCCCCCCCCCCCCCCCCCCC(C)(C)O[SiH3]. The van der Waals surface area contributed by atoms with Gasteiger partial charge >= 0.3 is 0 Å². The summed E-state index contributed by atoms with van der Waals surface area (Å²) in [5.41, 5.74) is 0.136. The molecule has 2 heteroatoms. The van der Waals surface area contributed by atoms with Gasteiger partial charge in [-0.15, -0.1) is 6.58 Å². The van der Waals surface area contributed by atoms with Crippen LogP contribution < -0.4 is 0 Å². The van der Waals surface area contributed by atoms with Crippen LogP contribution in [-0.2, 0) is 4.43 Å². The zero-order valence-corrected chi connectivity index (χ0v) is 21.3. The first-order valence-corrected chi connectivity index (χ1v) is 13.1. The molecular formula is C25H52OSi. The predicted molar refractivity (Wildman–Crippen MR) is 128 cm³/mol. The first kappa shape index (κ1) is 26.9. The van der Waals surface area contributed by atoms with E-state index in [0.717, 1.165) is 10.5 Å². The van der Waals surface area contributed by atoms with Gasteiger partial charge in [0.05, 0.1) is 0 Å². The molecule has 0 N–H and O–H groups in total. The molecule has 0 aromatic rings. The lowest BCUT2D eigenvalue weighted by Crippen LogP contribution is -2.22. The molecule has 0 aliphatic heterocycles. The molecule has 0 bridgehead atoms. The minimum atomic E-state index is 0.136. The highest BCUT2D eigenvalue weighted by molar-refractivity contribution is 5.98. The average Bonchev–Trinajstić information content (AvgIpc) is 2.66. The summed E-state index contributed by atoms with van der Waals surface area (Å²) in [6.07, 6.45) is 30.3. The van der Waals surface area contributed by atoms with Crippen molar-refractivity contribution in [1.82, 2.24) is 0 Å². The number of rotatable bonds is 22. The van der Waals surface area contributed by atoms with Crippen LogP contribution in [0.4, 0.5) is 0 Å². The van der Waals surface area contributed by atoms with Gasteiger partial charge in [-0.25, -0.2) is 0 Å². The van der Waals surface area contributed by atoms with E-state index in [2.05, 4.69) is 20.4 Å². The van der Waals surface area contributed by atoms with Crippen LogP contribution in [0.5, 0.6) is 0 Å². The van der Waals surface area contributed by atoms with Gasteiger partial charge in [0.2, 0.25) is 0 Å². The second-order valence-electron chi connectivity index (χ2n) is 9.16. The van der Waals surface area contributed by atoms with E-state index in [1.807, 2.05) is 6.08 Å². The Labute approximate surface area is 175 Å². The van der Waals surface area contributed by atoms with Crippen LogP contribution in [0.2, 0.25) is 0 Å². The molecule has 27 heavy (non-hydrogen) atoms. The molecule has 0 unspecified atom stereocenters. The standard InChI is InChI=1S/C25H52OSi/c1-4-5-6-7-8-9-10-11-12-13-14-15-16-17-18-19-20-21-22-23-24-25(2,3)26-27/h4H,1,5-24H2,2-3,27H3. The summed E-state index contributed by atoms with van der Waals surface area (Å²) in [6, 6.07) is 0. The van der Waals surface area contributed by atoms with E-state index >= 15 is 0 Å². The van der Waals surface area contributed by atoms with Crippen molar-refractivity contribution in [2.45, 2.75) is 148 Å². The summed E-state index contributed by atoms with van der Waals surface area (Å²) in [5.74, 6) is 0. The van der Waals surface area contributed by atoms with Crippen LogP contribution in [0.15, 0.2) is 12.7 Å². The summed E-state index contributed by atoms with van der Waals surface area (Å²) < 4.78 is 5.61. The highest BCUT2D eigenvalue weighted by atomic mass is 28.2. The molecule has 0 fully saturated rings. The molecule has 0 radical (unpaired) electrons. The smallest absolute Gasteiger partial charge is 0.146 e. The zero-order valence-electron chi connectivity index (χ0n) is 19.3. The van der Waals surface area contributed by atoms with Crippen molar-refractivity contribution in [1.29, 1.82) is 0 Å². The highest BCUT2D eigenvalue weighted by Crippen LogP contribution is 2.19. The molecule has 0 aromatic carbocycles. The third-order valence-electron chi connectivity index (χ3n) is 5.99. The topological polar surface area (TPSA) is 9.23 Å². The summed E-state index contributed by atoms with van der Waals surface area (Å²) in [7, 11) is 0.866. The fourth-order valence-electron chi connectivity index (χ4n) is 3.77. The number of unbranched alkanes of at least 4 members (excludes halogenated alkanes) is 18. The zero-order chi connectivity index (χ0) is 20.1. The van der Waals surface area contributed by atoms with Gasteiger partial charge in [0.1, 0.15) is 10.5 Å². The number of allylic oxidation sites excluding steroid dienone is 1. The van der Waals surface area contributed by atoms with E-state index in [9.17, 15) is 0 Å². The maximum absolute atomic E-state index is 5.61. The Kier molecular flexibility index (Phi) is 20.6. The molecule has 0 saturated carbocycles. The maximum atomic E-state index is 5.61. The van der Waals surface area contributed by atoms with E-state index < -0.39 is 0 Å². The van der Waals surface area contributed by atoms with E-state index in [-0.39, 0.29) is 5.60 Å². The lowest BCUT2D eigenvalue weighted by Gasteiger charge is -2.23. The van der Waals surface area contributed by atoms with Gasteiger partial charge in [0, 0.05) is 5.60 Å². The third kappa shape index (κ3) is 22.1. The summed E-state index contributed by atoms with van der Waals surface area (Å²) in [5, 5.41) is 0. The minimum absolute atomic E-state index is 0.136. The Balaban J connectivity index is 3.06. The third-order valence-corrected chi connectivity index (χ3v) is 7.09. The molecule has 0 saturated heterocycles. The Bertz CT molecular complexity index is 301.